The van der Waals surface area contributed by atoms with E-state index in [9.17, 15) is 17.6 Å². The predicted octanol–water partition coefficient (Wildman–Crippen LogP) is 3.25. The molecule has 0 aliphatic carbocycles. The molecule has 1 fully saturated rings. The summed E-state index contributed by atoms with van der Waals surface area (Å²) in [4.78, 5) is 14.0. The monoisotopic (exact) mass is 495 g/mol. The molecular formula is C16H16BrClFN3O3S2. The number of carbonyl (C=O) groups is 1. The Hall–Kier alpha value is -1.04. The summed E-state index contributed by atoms with van der Waals surface area (Å²) in [6, 6.07) is 7.25. The number of nitrogens with one attached hydrogen (secondary N) is 1. The van der Waals surface area contributed by atoms with Crippen molar-refractivity contribution in [3.05, 3.63) is 45.0 Å². The zero-order valence-corrected chi connectivity index (χ0v) is 18.0. The average molecular weight is 497 g/mol. The number of carbonyl (C=O) groups excluding carboxylic acids is 1. The molecule has 146 valence electrons. The van der Waals surface area contributed by atoms with Crippen molar-refractivity contribution in [3.8, 4) is 0 Å². The van der Waals surface area contributed by atoms with Gasteiger partial charge in [0.2, 0.25) is 5.91 Å². The molecule has 1 aliphatic heterocycles. The van der Waals surface area contributed by atoms with Gasteiger partial charge in [0.05, 0.1) is 15.4 Å². The standard InChI is InChI=1S/C16H16BrClFN3O3S2/c17-14-3-4-16(26-14)27(24,25)22-7-5-21(6-8-22)10-15(23)20-11-1-2-13(19)12(18)9-11/h1-4,9H,5-8,10H2,(H,20,23). The van der Waals surface area contributed by atoms with Crippen molar-refractivity contribution < 1.29 is 17.6 Å². The number of piperazine rings is 1. The van der Waals surface area contributed by atoms with E-state index >= 15 is 0 Å². The summed E-state index contributed by atoms with van der Waals surface area (Å²) in [5.74, 6) is -0.819. The number of sulfonamides is 1. The fourth-order valence-corrected chi connectivity index (χ4v) is 6.44. The molecule has 0 atom stereocenters. The van der Waals surface area contributed by atoms with Crippen molar-refractivity contribution in [2.75, 3.05) is 38.0 Å². The molecule has 1 aromatic carbocycles. The molecule has 0 radical (unpaired) electrons. The molecule has 0 spiro atoms. The van der Waals surface area contributed by atoms with Gasteiger partial charge in [0, 0.05) is 31.9 Å². The Balaban J connectivity index is 1.53. The first-order valence-corrected chi connectivity index (χ1v) is 11.4. The molecule has 0 unspecified atom stereocenters. The van der Waals surface area contributed by atoms with Crippen LogP contribution in [0.5, 0.6) is 0 Å². The van der Waals surface area contributed by atoms with Crippen LogP contribution in [0.3, 0.4) is 0 Å². The topological polar surface area (TPSA) is 69.7 Å². The van der Waals surface area contributed by atoms with Crippen molar-refractivity contribution in [1.29, 1.82) is 0 Å². The van der Waals surface area contributed by atoms with Crippen molar-refractivity contribution in [1.82, 2.24) is 9.21 Å². The molecule has 2 aromatic rings. The van der Waals surface area contributed by atoms with Crippen LogP contribution in [0.1, 0.15) is 0 Å². The first-order chi connectivity index (χ1) is 12.8. The lowest BCUT2D eigenvalue weighted by molar-refractivity contribution is -0.117. The highest BCUT2D eigenvalue weighted by Crippen LogP contribution is 2.29. The zero-order valence-electron chi connectivity index (χ0n) is 14.0. The number of benzene rings is 1. The van der Waals surface area contributed by atoms with E-state index in [1.54, 1.807) is 12.1 Å². The third-order valence-electron chi connectivity index (χ3n) is 4.04. The lowest BCUT2D eigenvalue weighted by atomic mass is 10.3. The van der Waals surface area contributed by atoms with Crippen LogP contribution < -0.4 is 5.32 Å². The van der Waals surface area contributed by atoms with Gasteiger partial charge in [-0.3, -0.25) is 9.69 Å². The molecule has 0 bridgehead atoms. The second kappa shape index (κ2) is 8.54. The molecule has 3 rings (SSSR count). The van der Waals surface area contributed by atoms with Gasteiger partial charge in [0.15, 0.2) is 0 Å². The Kier molecular flexibility index (Phi) is 6.54. The second-order valence-corrected chi connectivity index (χ2v) is 11.0. The molecule has 1 amide bonds. The van der Waals surface area contributed by atoms with Crippen LogP contribution >= 0.6 is 38.9 Å². The summed E-state index contributed by atoms with van der Waals surface area (Å²) in [6.07, 6.45) is 0. The Morgan fingerprint density at radius 3 is 2.52 bits per heavy atom. The first kappa shape index (κ1) is 20.7. The quantitative estimate of drug-likeness (QED) is 0.690. The Bertz CT molecular complexity index is 946. The fraction of sp³-hybridized carbons (Fsp3) is 0.312. The Labute approximate surface area is 174 Å². The molecule has 11 heteroatoms. The Morgan fingerprint density at radius 2 is 1.93 bits per heavy atom. The van der Waals surface area contributed by atoms with Crippen LogP contribution in [0.4, 0.5) is 10.1 Å². The third-order valence-corrected chi connectivity index (χ3v) is 8.32. The highest BCUT2D eigenvalue weighted by Gasteiger charge is 2.30. The van der Waals surface area contributed by atoms with Crippen LogP contribution in [0.15, 0.2) is 38.3 Å². The fourth-order valence-electron chi connectivity index (χ4n) is 2.67. The summed E-state index contributed by atoms with van der Waals surface area (Å²) in [6.45, 7) is 1.64. The molecule has 0 saturated carbocycles. The lowest BCUT2D eigenvalue weighted by Gasteiger charge is -2.33. The predicted molar refractivity (Wildman–Crippen MR) is 107 cm³/mol. The lowest BCUT2D eigenvalue weighted by Crippen LogP contribution is -2.50. The number of nitrogens with zero attached hydrogens (tertiary/aromatic N) is 2. The summed E-state index contributed by atoms with van der Waals surface area (Å²) in [5.41, 5.74) is 0.413. The van der Waals surface area contributed by atoms with Gasteiger partial charge in [0.25, 0.3) is 10.0 Å². The van der Waals surface area contributed by atoms with Crippen LogP contribution in [-0.2, 0) is 14.8 Å². The minimum Gasteiger partial charge on any atom is -0.325 e. The molecule has 1 N–H and O–H groups in total. The normalized spacial score (nSPS) is 16.4. The molecule has 2 heterocycles. The number of thiophene rings is 1. The zero-order chi connectivity index (χ0) is 19.6. The summed E-state index contributed by atoms with van der Waals surface area (Å²) < 4.78 is 40.9. The first-order valence-electron chi connectivity index (χ1n) is 7.98. The van der Waals surface area contributed by atoms with Gasteiger partial charge in [-0.25, -0.2) is 12.8 Å². The maximum absolute atomic E-state index is 13.2. The molecule has 1 saturated heterocycles. The molecular weight excluding hydrogens is 481 g/mol. The largest absolute Gasteiger partial charge is 0.325 e. The number of hydrogen-bond donors (Lipinski definition) is 1. The van der Waals surface area contributed by atoms with Crippen LogP contribution in [-0.4, -0.2) is 56.3 Å². The van der Waals surface area contributed by atoms with Crippen LogP contribution in [0, 0.1) is 5.82 Å². The maximum atomic E-state index is 13.2. The van der Waals surface area contributed by atoms with Gasteiger partial charge < -0.3 is 5.32 Å². The Morgan fingerprint density at radius 1 is 1.22 bits per heavy atom. The van der Waals surface area contributed by atoms with E-state index in [-0.39, 0.29) is 17.5 Å². The number of rotatable bonds is 5. The van der Waals surface area contributed by atoms with Crippen molar-refractivity contribution in [2.45, 2.75) is 4.21 Å². The third kappa shape index (κ3) is 5.07. The number of anilines is 1. The van der Waals surface area contributed by atoms with Gasteiger partial charge in [-0.05, 0) is 46.3 Å². The molecule has 6 nitrogen and oxygen atoms in total. The van der Waals surface area contributed by atoms with E-state index < -0.39 is 15.8 Å². The van der Waals surface area contributed by atoms with E-state index in [1.165, 1.54) is 33.8 Å². The maximum Gasteiger partial charge on any atom is 0.252 e. The molecule has 27 heavy (non-hydrogen) atoms. The average Bonchev–Trinajstić information content (AvgIpc) is 3.06. The van der Waals surface area contributed by atoms with Crippen LogP contribution in [0.25, 0.3) is 0 Å². The van der Waals surface area contributed by atoms with E-state index in [0.29, 0.717) is 36.1 Å². The van der Waals surface area contributed by atoms with Gasteiger partial charge in [-0.1, -0.05) is 11.6 Å². The number of hydrogen-bond acceptors (Lipinski definition) is 5. The van der Waals surface area contributed by atoms with E-state index in [4.69, 9.17) is 11.6 Å². The summed E-state index contributed by atoms with van der Waals surface area (Å²) in [5, 5.41) is 2.60. The van der Waals surface area contributed by atoms with Crippen molar-refractivity contribution in [2.24, 2.45) is 0 Å². The van der Waals surface area contributed by atoms with Gasteiger partial charge in [0.1, 0.15) is 10.0 Å². The van der Waals surface area contributed by atoms with E-state index in [0.717, 1.165) is 3.79 Å². The van der Waals surface area contributed by atoms with Gasteiger partial charge >= 0.3 is 0 Å². The van der Waals surface area contributed by atoms with E-state index in [1.807, 2.05) is 4.90 Å². The van der Waals surface area contributed by atoms with Crippen molar-refractivity contribution >= 4 is 60.5 Å². The molecule has 1 aromatic heterocycles. The second-order valence-electron chi connectivity index (χ2n) is 5.92. The summed E-state index contributed by atoms with van der Waals surface area (Å²) in [7, 11) is -3.51. The SMILES string of the molecule is O=C(CN1CCN(S(=O)(=O)c2ccc(Br)s2)CC1)Nc1ccc(F)c(Cl)c1. The minimum absolute atomic E-state index is 0.0631. The smallest absolute Gasteiger partial charge is 0.252 e. The highest BCUT2D eigenvalue weighted by molar-refractivity contribution is 9.11. The van der Waals surface area contributed by atoms with Gasteiger partial charge in [-0.15, -0.1) is 11.3 Å². The number of amides is 1. The summed E-state index contributed by atoms with van der Waals surface area (Å²) >= 11 is 10.1. The van der Waals surface area contributed by atoms with Gasteiger partial charge in [-0.2, -0.15) is 4.31 Å². The highest BCUT2D eigenvalue weighted by atomic mass is 79.9. The van der Waals surface area contributed by atoms with E-state index in [2.05, 4.69) is 21.2 Å². The molecule has 1 aliphatic rings. The van der Waals surface area contributed by atoms with Crippen LogP contribution in [0.2, 0.25) is 5.02 Å². The minimum atomic E-state index is -3.51. The van der Waals surface area contributed by atoms with Crippen molar-refractivity contribution in [3.63, 3.8) is 0 Å². The number of halogens is 3.